The molecule has 0 radical (unpaired) electrons. The van der Waals surface area contributed by atoms with Crippen LogP contribution in [0.3, 0.4) is 0 Å². The van der Waals surface area contributed by atoms with Crippen LogP contribution in [0, 0.1) is 0 Å². The quantitative estimate of drug-likeness (QED) is 0.291. The van der Waals surface area contributed by atoms with Crippen LogP contribution in [0.5, 0.6) is 0 Å². The Kier molecular flexibility index (Phi) is 151. The Morgan fingerprint density at radius 2 is 1.00 bits per heavy atom. The van der Waals surface area contributed by atoms with Crippen LogP contribution >= 0.6 is 0 Å². The molecule has 0 unspecified atom stereocenters. The molecule has 0 saturated carbocycles. The van der Waals surface area contributed by atoms with Gasteiger partial charge in [0.2, 0.25) is 0 Å². The Hall–Kier alpha value is 2.35. The van der Waals surface area contributed by atoms with Gasteiger partial charge in [0.05, 0.1) is 0 Å². The molecule has 24 valence electrons. The Morgan fingerprint density at radius 1 is 1.00 bits per heavy atom. The average Bonchev–Trinajstić information content (AvgIpc) is 0. The van der Waals surface area contributed by atoms with Crippen LogP contribution in [0.25, 0.3) is 0 Å². The van der Waals surface area contributed by atoms with Gasteiger partial charge in [0.25, 0.3) is 0 Å². The Morgan fingerprint density at radius 3 is 1.00 bits per heavy atom. The van der Waals surface area contributed by atoms with Crippen molar-refractivity contribution in [2.45, 2.75) is 0 Å². The van der Waals surface area contributed by atoms with E-state index in [1.54, 1.807) is 0 Å². The minimum atomic E-state index is 0. The maximum Gasteiger partial charge on any atom is -0.0149 e. The van der Waals surface area contributed by atoms with Gasteiger partial charge < -0.3 is 5.48 Å². The summed E-state index contributed by atoms with van der Waals surface area (Å²) in [6, 6.07) is 0. The summed E-state index contributed by atoms with van der Waals surface area (Å²) in [5, 5.41) is 0. The maximum absolute atomic E-state index is 0. The van der Waals surface area contributed by atoms with Crippen LogP contribution in [0.4, 0.5) is 0 Å². The van der Waals surface area contributed by atoms with Crippen LogP contribution in [0.15, 0.2) is 0 Å². The third kappa shape index (κ3) is 8.84. The summed E-state index contributed by atoms with van der Waals surface area (Å²) >= 11 is 0. The van der Waals surface area contributed by atoms with E-state index in [2.05, 4.69) is 0 Å². The smallest absolute Gasteiger partial charge is 0.0149 e. The van der Waals surface area contributed by atoms with Gasteiger partial charge in [-0.25, -0.2) is 0 Å². The van der Waals surface area contributed by atoms with E-state index in [0.29, 0.717) is 0 Å². The molecule has 0 aromatic rings. The molecule has 0 aromatic carbocycles. The van der Waals surface area contributed by atoms with Crippen molar-refractivity contribution in [3.63, 3.8) is 0 Å². The van der Waals surface area contributed by atoms with Gasteiger partial charge in [-0.2, -0.15) is 0 Å². The molecular formula is H10AlKOSi. The van der Waals surface area contributed by atoms with Crippen molar-refractivity contribution in [3.8, 4) is 0 Å². The second-order valence-electron chi connectivity index (χ2n) is 0. The van der Waals surface area contributed by atoms with Crippen molar-refractivity contribution in [3.05, 3.63) is 0 Å². The zero-order chi connectivity index (χ0) is 0. The summed E-state index contributed by atoms with van der Waals surface area (Å²) in [5.74, 6) is 0. The van der Waals surface area contributed by atoms with Crippen LogP contribution in [0.1, 0.15) is 0 Å². The van der Waals surface area contributed by atoms with Gasteiger partial charge in [0.1, 0.15) is 0 Å². The monoisotopic (exact) mass is 120 g/mol. The van der Waals surface area contributed by atoms with Gasteiger partial charge in [0.15, 0.2) is 17.4 Å². The van der Waals surface area contributed by atoms with Crippen molar-refractivity contribution in [1.29, 1.82) is 0 Å². The first-order valence-electron chi connectivity index (χ1n) is 0. The fraction of sp³-hybridized carbons (Fsp3) is 0. The summed E-state index contributed by atoms with van der Waals surface area (Å²) in [7, 11) is 0. The van der Waals surface area contributed by atoms with Gasteiger partial charge in [-0.15, -0.1) is 0 Å². The predicted octanol–water partition coefficient (Wildman–Crippen LogP) is -4.11. The Labute approximate surface area is 83.4 Å². The normalized spacial score (nSPS) is 0. The average molecular weight is 120 g/mol. The Bertz CT molecular complexity index is 8.00. The molecule has 4 heavy (non-hydrogen) atoms. The van der Waals surface area contributed by atoms with E-state index in [1.165, 1.54) is 0 Å². The van der Waals surface area contributed by atoms with Gasteiger partial charge in [-0.3, -0.25) is 0 Å². The topological polar surface area (TPSA) is 31.5 Å². The Balaban J connectivity index is 0. The molecule has 0 bridgehead atoms. The van der Waals surface area contributed by atoms with E-state index in [4.69, 9.17) is 0 Å². The molecule has 0 spiro atoms. The SMILES string of the molecule is O.[AlH3].[KH].[SiH4]. The standard InChI is InChI=1S/Al.K.H2O.H4Si.4H/h;;1H2;1H4;;;;. The molecule has 2 N–H and O–H groups in total. The van der Waals surface area contributed by atoms with Crippen LogP contribution in [-0.2, 0) is 0 Å². The second-order valence-corrected chi connectivity index (χ2v) is 0. The second kappa shape index (κ2) is 18.3. The minimum absolute atomic E-state index is 0. The van der Waals surface area contributed by atoms with Crippen molar-refractivity contribution >= 4 is 79.7 Å². The van der Waals surface area contributed by atoms with Gasteiger partial charge in [0, 0.05) is 0 Å². The minimum Gasteiger partial charge on any atom is -0.0149 e. The first-order valence-corrected chi connectivity index (χ1v) is 0. The van der Waals surface area contributed by atoms with E-state index in [1.807, 2.05) is 0 Å². The molecule has 0 rings (SSSR count). The first-order chi connectivity index (χ1) is 0. The van der Waals surface area contributed by atoms with E-state index >= 15 is 0 Å². The summed E-state index contributed by atoms with van der Waals surface area (Å²) < 4.78 is 0. The van der Waals surface area contributed by atoms with Crippen LogP contribution in [-0.4, -0.2) is 85.2 Å². The van der Waals surface area contributed by atoms with E-state index in [-0.39, 0.29) is 85.2 Å². The molecule has 0 saturated heterocycles. The molecular weight excluding hydrogens is 110 g/mol. The number of hydrogen-bond donors (Lipinski definition) is 0. The molecule has 0 fully saturated rings. The van der Waals surface area contributed by atoms with Crippen LogP contribution < -0.4 is 0 Å². The molecule has 0 heterocycles. The van der Waals surface area contributed by atoms with Crippen LogP contribution in [0.2, 0.25) is 0 Å². The van der Waals surface area contributed by atoms with Crippen molar-refractivity contribution in [1.82, 2.24) is 0 Å². The molecule has 4 heteroatoms. The van der Waals surface area contributed by atoms with E-state index < -0.39 is 0 Å². The van der Waals surface area contributed by atoms with Gasteiger partial charge in [-0.05, 0) is 11.0 Å². The molecule has 0 aromatic heterocycles. The summed E-state index contributed by atoms with van der Waals surface area (Å²) in [4.78, 5) is 0. The number of hydrogen-bond acceptors (Lipinski definition) is 0. The van der Waals surface area contributed by atoms with E-state index in [9.17, 15) is 0 Å². The summed E-state index contributed by atoms with van der Waals surface area (Å²) in [6.45, 7) is 0. The molecule has 0 amide bonds. The molecule has 1 nitrogen and oxygen atoms in total. The number of rotatable bonds is 0. The van der Waals surface area contributed by atoms with Gasteiger partial charge in [-0.1, -0.05) is 0 Å². The van der Waals surface area contributed by atoms with Gasteiger partial charge >= 0.3 is 51.4 Å². The zero-order valence-corrected chi connectivity index (χ0v) is 0.500. The summed E-state index contributed by atoms with van der Waals surface area (Å²) in [5.41, 5.74) is 0. The summed E-state index contributed by atoms with van der Waals surface area (Å²) in [6.07, 6.45) is 0. The molecule has 0 aliphatic carbocycles. The third-order valence-electron chi connectivity index (χ3n) is 0. The van der Waals surface area contributed by atoms with Crippen molar-refractivity contribution in [2.24, 2.45) is 0 Å². The van der Waals surface area contributed by atoms with E-state index in [0.717, 1.165) is 0 Å². The fourth-order valence-corrected chi connectivity index (χ4v) is 0. The van der Waals surface area contributed by atoms with Crippen molar-refractivity contribution in [2.75, 3.05) is 0 Å². The maximum atomic E-state index is 0. The van der Waals surface area contributed by atoms with Crippen molar-refractivity contribution < 1.29 is 5.48 Å². The molecule has 0 aliphatic rings. The first kappa shape index (κ1) is 33.0. The molecule has 0 aliphatic heterocycles. The largest absolute Gasteiger partial charge is 0.0149 e. The fourth-order valence-electron chi connectivity index (χ4n) is 0. The zero-order valence-electron chi connectivity index (χ0n) is 0.500. The third-order valence-corrected chi connectivity index (χ3v) is 0. The predicted molar refractivity (Wildman–Crippen MR) is 32.0 cm³/mol. The molecule has 0 atom stereocenters.